The van der Waals surface area contributed by atoms with E-state index in [9.17, 15) is 9.59 Å². The lowest BCUT2D eigenvalue weighted by Crippen LogP contribution is -2.45. The maximum atomic E-state index is 12.0. The Balaban J connectivity index is 2.49. The molecule has 0 aromatic rings. The van der Waals surface area contributed by atoms with Crippen molar-refractivity contribution in [2.75, 3.05) is 6.61 Å². The molecule has 3 unspecified atom stereocenters. The Morgan fingerprint density at radius 1 is 1.61 bits per heavy atom. The zero-order chi connectivity index (χ0) is 13.5. The maximum Gasteiger partial charge on any atom is 0.326 e. The van der Waals surface area contributed by atoms with E-state index in [1.807, 2.05) is 6.92 Å². The summed E-state index contributed by atoms with van der Waals surface area (Å²) in [6.45, 7) is 6.03. The summed E-state index contributed by atoms with van der Waals surface area (Å²) in [4.78, 5) is 23.0. The SMILES string of the molecule is C=CCCC(NC(=O)C1CCOC(C)C1)C(=O)O. The molecule has 1 heterocycles. The van der Waals surface area contributed by atoms with Crippen LogP contribution in [0, 0.1) is 5.92 Å². The fourth-order valence-corrected chi connectivity index (χ4v) is 2.07. The zero-order valence-corrected chi connectivity index (χ0v) is 10.7. The van der Waals surface area contributed by atoms with Crippen molar-refractivity contribution >= 4 is 11.9 Å². The van der Waals surface area contributed by atoms with Gasteiger partial charge in [-0.15, -0.1) is 6.58 Å². The zero-order valence-electron chi connectivity index (χ0n) is 10.7. The Morgan fingerprint density at radius 3 is 2.89 bits per heavy atom. The van der Waals surface area contributed by atoms with Crippen molar-refractivity contribution in [1.82, 2.24) is 5.32 Å². The Morgan fingerprint density at radius 2 is 2.33 bits per heavy atom. The number of amides is 1. The van der Waals surface area contributed by atoms with Crippen molar-refractivity contribution in [1.29, 1.82) is 0 Å². The van der Waals surface area contributed by atoms with Gasteiger partial charge in [0.05, 0.1) is 6.10 Å². The van der Waals surface area contributed by atoms with Gasteiger partial charge >= 0.3 is 5.97 Å². The summed E-state index contributed by atoms with van der Waals surface area (Å²) >= 11 is 0. The summed E-state index contributed by atoms with van der Waals surface area (Å²) in [6.07, 6.45) is 3.97. The topological polar surface area (TPSA) is 75.6 Å². The molecule has 1 aliphatic heterocycles. The van der Waals surface area contributed by atoms with Crippen molar-refractivity contribution in [2.45, 2.75) is 44.8 Å². The minimum atomic E-state index is -0.995. The minimum Gasteiger partial charge on any atom is -0.480 e. The van der Waals surface area contributed by atoms with Crippen molar-refractivity contribution < 1.29 is 19.4 Å². The number of hydrogen-bond acceptors (Lipinski definition) is 3. The second-order valence-electron chi connectivity index (χ2n) is 4.67. The van der Waals surface area contributed by atoms with Gasteiger partial charge in [0.2, 0.25) is 5.91 Å². The van der Waals surface area contributed by atoms with Crippen LogP contribution in [0.2, 0.25) is 0 Å². The number of allylic oxidation sites excluding steroid dienone is 1. The first kappa shape index (κ1) is 14.7. The van der Waals surface area contributed by atoms with E-state index in [1.165, 1.54) is 0 Å². The van der Waals surface area contributed by atoms with Gasteiger partial charge in [-0.1, -0.05) is 6.08 Å². The summed E-state index contributed by atoms with van der Waals surface area (Å²) in [7, 11) is 0. The van der Waals surface area contributed by atoms with Gasteiger partial charge in [0, 0.05) is 12.5 Å². The molecule has 1 aliphatic rings. The Kier molecular flexibility index (Phi) is 5.85. The highest BCUT2D eigenvalue weighted by atomic mass is 16.5. The smallest absolute Gasteiger partial charge is 0.326 e. The average molecular weight is 255 g/mol. The predicted molar refractivity (Wildman–Crippen MR) is 67.1 cm³/mol. The molecular formula is C13H21NO4. The molecule has 102 valence electrons. The van der Waals surface area contributed by atoms with E-state index in [1.54, 1.807) is 6.08 Å². The summed E-state index contributed by atoms with van der Waals surface area (Å²) in [5.41, 5.74) is 0. The van der Waals surface area contributed by atoms with Gasteiger partial charge in [0.25, 0.3) is 0 Å². The van der Waals surface area contributed by atoms with Gasteiger partial charge in [-0.2, -0.15) is 0 Å². The molecule has 0 aromatic carbocycles. The second-order valence-corrected chi connectivity index (χ2v) is 4.67. The largest absolute Gasteiger partial charge is 0.480 e. The van der Waals surface area contributed by atoms with E-state index in [0.717, 1.165) is 0 Å². The van der Waals surface area contributed by atoms with Crippen LogP contribution in [0.25, 0.3) is 0 Å². The van der Waals surface area contributed by atoms with Crippen molar-refractivity contribution in [3.8, 4) is 0 Å². The Hall–Kier alpha value is -1.36. The van der Waals surface area contributed by atoms with Crippen LogP contribution < -0.4 is 5.32 Å². The summed E-state index contributed by atoms with van der Waals surface area (Å²) in [5.74, 6) is -1.31. The van der Waals surface area contributed by atoms with E-state index < -0.39 is 12.0 Å². The van der Waals surface area contributed by atoms with E-state index in [4.69, 9.17) is 9.84 Å². The maximum absolute atomic E-state index is 12.0. The number of rotatable bonds is 6. The third-order valence-electron chi connectivity index (χ3n) is 3.13. The third kappa shape index (κ3) is 4.49. The van der Waals surface area contributed by atoms with Crippen LogP contribution in [0.4, 0.5) is 0 Å². The predicted octanol–water partition coefficient (Wildman–Crippen LogP) is 1.34. The highest BCUT2D eigenvalue weighted by molar-refractivity contribution is 5.85. The van der Waals surface area contributed by atoms with Crippen LogP contribution >= 0.6 is 0 Å². The van der Waals surface area contributed by atoms with Gasteiger partial charge < -0.3 is 15.2 Å². The number of carboxylic acid groups (broad SMARTS) is 1. The first-order valence-electron chi connectivity index (χ1n) is 6.30. The molecular weight excluding hydrogens is 234 g/mol. The number of carbonyl (C=O) groups is 2. The van der Waals surface area contributed by atoms with Crippen LogP contribution in [-0.2, 0) is 14.3 Å². The molecule has 1 rings (SSSR count). The fraction of sp³-hybridized carbons (Fsp3) is 0.692. The van der Waals surface area contributed by atoms with Crippen LogP contribution in [0.15, 0.2) is 12.7 Å². The van der Waals surface area contributed by atoms with Crippen LogP contribution in [0.5, 0.6) is 0 Å². The summed E-state index contributed by atoms with van der Waals surface area (Å²) < 4.78 is 5.37. The highest BCUT2D eigenvalue weighted by Gasteiger charge is 2.28. The molecule has 1 amide bonds. The van der Waals surface area contributed by atoms with Crippen LogP contribution in [0.3, 0.4) is 0 Å². The normalized spacial score (nSPS) is 25.2. The van der Waals surface area contributed by atoms with Gasteiger partial charge in [0.15, 0.2) is 0 Å². The molecule has 0 aromatic heterocycles. The molecule has 5 heteroatoms. The first-order chi connectivity index (χ1) is 8.54. The number of carboxylic acids is 1. The lowest BCUT2D eigenvalue weighted by atomic mass is 9.95. The lowest BCUT2D eigenvalue weighted by molar-refractivity contribution is -0.143. The standard InChI is InChI=1S/C13H21NO4/c1-3-4-5-11(13(16)17)14-12(15)10-6-7-18-9(2)8-10/h3,9-11H,1,4-8H2,2H3,(H,14,15)(H,16,17). The van der Waals surface area contributed by atoms with Crippen molar-refractivity contribution in [3.05, 3.63) is 12.7 Å². The molecule has 0 saturated carbocycles. The monoisotopic (exact) mass is 255 g/mol. The average Bonchev–Trinajstić information content (AvgIpc) is 2.33. The van der Waals surface area contributed by atoms with E-state index >= 15 is 0 Å². The quantitative estimate of drug-likeness (QED) is 0.702. The number of carbonyl (C=O) groups excluding carboxylic acids is 1. The molecule has 1 fully saturated rings. The fourth-order valence-electron chi connectivity index (χ4n) is 2.07. The second kappa shape index (κ2) is 7.16. The van der Waals surface area contributed by atoms with E-state index in [0.29, 0.717) is 32.3 Å². The van der Waals surface area contributed by atoms with Gasteiger partial charge in [-0.3, -0.25) is 4.79 Å². The molecule has 0 radical (unpaired) electrons. The molecule has 0 spiro atoms. The van der Waals surface area contributed by atoms with E-state index in [-0.39, 0.29) is 17.9 Å². The third-order valence-corrected chi connectivity index (χ3v) is 3.13. The number of hydrogen-bond donors (Lipinski definition) is 2. The van der Waals surface area contributed by atoms with E-state index in [2.05, 4.69) is 11.9 Å². The highest BCUT2D eigenvalue weighted by Crippen LogP contribution is 2.20. The molecule has 5 nitrogen and oxygen atoms in total. The van der Waals surface area contributed by atoms with Crippen LogP contribution in [0.1, 0.15) is 32.6 Å². The summed E-state index contributed by atoms with van der Waals surface area (Å²) in [6, 6.07) is -0.825. The van der Waals surface area contributed by atoms with Gasteiger partial charge in [-0.25, -0.2) is 4.79 Å². The van der Waals surface area contributed by atoms with Crippen molar-refractivity contribution in [2.24, 2.45) is 5.92 Å². The van der Waals surface area contributed by atoms with Crippen LogP contribution in [-0.4, -0.2) is 35.7 Å². The summed E-state index contributed by atoms with van der Waals surface area (Å²) in [5, 5.41) is 11.6. The lowest BCUT2D eigenvalue weighted by Gasteiger charge is -2.27. The van der Waals surface area contributed by atoms with Gasteiger partial charge in [0.1, 0.15) is 6.04 Å². The molecule has 3 atom stereocenters. The number of ether oxygens (including phenoxy) is 1. The molecule has 2 N–H and O–H groups in total. The Labute approximate surface area is 107 Å². The number of nitrogens with one attached hydrogen (secondary N) is 1. The molecule has 1 saturated heterocycles. The Bertz CT molecular complexity index is 316. The van der Waals surface area contributed by atoms with Crippen molar-refractivity contribution in [3.63, 3.8) is 0 Å². The first-order valence-corrected chi connectivity index (χ1v) is 6.30. The molecule has 0 aliphatic carbocycles. The molecule has 0 bridgehead atoms. The number of aliphatic carboxylic acids is 1. The minimum absolute atomic E-state index is 0.0611. The molecule has 18 heavy (non-hydrogen) atoms. The van der Waals surface area contributed by atoms with Gasteiger partial charge in [-0.05, 0) is 32.6 Å².